The molecule has 0 aliphatic heterocycles. The van der Waals surface area contributed by atoms with E-state index in [9.17, 15) is 9.59 Å². The van der Waals surface area contributed by atoms with Crippen LogP contribution < -0.4 is 15.5 Å². The van der Waals surface area contributed by atoms with Crippen molar-refractivity contribution in [3.63, 3.8) is 0 Å². The summed E-state index contributed by atoms with van der Waals surface area (Å²) in [4.78, 5) is 24.9. The molecule has 2 N–H and O–H groups in total. The largest absolute Gasteiger partial charge is 0.479 e. The second-order valence-electron chi connectivity index (χ2n) is 6.81. The highest BCUT2D eigenvalue weighted by molar-refractivity contribution is 5.97. The van der Waals surface area contributed by atoms with E-state index in [2.05, 4.69) is 15.8 Å². The normalized spacial score (nSPS) is 11.7. The topological polar surface area (TPSA) is 104 Å². The maximum absolute atomic E-state index is 12.5. The first kappa shape index (κ1) is 21.6. The SMILES string of the molecule is Cc1ccc(C(=O)NC(C(=O)N/N=C/c2ccc(OCC#N)cc2)C(C)C)cc1. The van der Waals surface area contributed by atoms with Gasteiger partial charge in [-0.1, -0.05) is 31.5 Å². The molecule has 0 saturated carbocycles. The van der Waals surface area contributed by atoms with Crippen molar-refractivity contribution in [1.82, 2.24) is 10.7 Å². The monoisotopic (exact) mass is 392 g/mol. The molecule has 0 aliphatic carbocycles. The zero-order valence-corrected chi connectivity index (χ0v) is 16.7. The Kier molecular flexibility index (Phi) is 7.92. The highest BCUT2D eigenvalue weighted by atomic mass is 16.5. The average Bonchev–Trinajstić information content (AvgIpc) is 2.71. The molecule has 2 aromatic rings. The summed E-state index contributed by atoms with van der Waals surface area (Å²) >= 11 is 0. The fourth-order valence-corrected chi connectivity index (χ4v) is 2.47. The number of nitrogens with one attached hydrogen (secondary N) is 2. The number of amides is 2. The molecular weight excluding hydrogens is 368 g/mol. The van der Waals surface area contributed by atoms with Crippen molar-refractivity contribution in [2.24, 2.45) is 11.0 Å². The summed E-state index contributed by atoms with van der Waals surface area (Å²) in [5.41, 5.74) is 4.77. The maximum atomic E-state index is 12.5. The van der Waals surface area contributed by atoms with Gasteiger partial charge in [0.25, 0.3) is 11.8 Å². The Morgan fingerprint density at radius 1 is 1.14 bits per heavy atom. The van der Waals surface area contributed by atoms with Crippen LogP contribution in [0, 0.1) is 24.2 Å². The van der Waals surface area contributed by atoms with Crippen molar-refractivity contribution < 1.29 is 14.3 Å². The van der Waals surface area contributed by atoms with Gasteiger partial charge in [0.1, 0.15) is 17.9 Å². The van der Waals surface area contributed by atoms with E-state index in [-0.39, 0.29) is 18.4 Å². The fourth-order valence-electron chi connectivity index (χ4n) is 2.47. The van der Waals surface area contributed by atoms with Crippen molar-refractivity contribution in [2.45, 2.75) is 26.8 Å². The Labute approximate surface area is 170 Å². The molecule has 2 amide bonds. The van der Waals surface area contributed by atoms with Crippen LogP contribution >= 0.6 is 0 Å². The smallest absolute Gasteiger partial charge is 0.262 e. The van der Waals surface area contributed by atoms with E-state index in [4.69, 9.17) is 10.00 Å². The lowest BCUT2D eigenvalue weighted by Crippen LogP contribution is -2.48. The first-order chi connectivity index (χ1) is 13.9. The van der Waals surface area contributed by atoms with Crippen molar-refractivity contribution in [2.75, 3.05) is 6.61 Å². The molecule has 0 saturated heterocycles. The summed E-state index contributed by atoms with van der Waals surface area (Å²) in [6.45, 7) is 5.62. The van der Waals surface area contributed by atoms with E-state index in [0.29, 0.717) is 11.3 Å². The summed E-state index contributed by atoms with van der Waals surface area (Å²) in [6.07, 6.45) is 1.49. The van der Waals surface area contributed by atoms with E-state index >= 15 is 0 Å². The third-order valence-corrected chi connectivity index (χ3v) is 4.12. The lowest BCUT2D eigenvalue weighted by Gasteiger charge is -2.20. The molecule has 0 heterocycles. The Balaban J connectivity index is 1.95. The second-order valence-corrected chi connectivity index (χ2v) is 6.81. The highest BCUT2D eigenvalue weighted by Crippen LogP contribution is 2.11. The zero-order chi connectivity index (χ0) is 21.2. The van der Waals surface area contributed by atoms with E-state index in [0.717, 1.165) is 11.1 Å². The first-order valence-electron chi connectivity index (χ1n) is 9.21. The van der Waals surface area contributed by atoms with Crippen LogP contribution in [0.5, 0.6) is 5.75 Å². The minimum absolute atomic E-state index is 0.0195. The van der Waals surface area contributed by atoms with Gasteiger partial charge in [0.05, 0.1) is 6.21 Å². The van der Waals surface area contributed by atoms with Gasteiger partial charge in [-0.25, -0.2) is 5.43 Å². The summed E-state index contributed by atoms with van der Waals surface area (Å²) in [5, 5.41) is 15.2. The standard InChI is InChI=1S/C22H24N4O3/c1-15(2)20(25-21(27)18-8-4-16(3)5-9-18)22(28)26-24-14-17-6-10-19(11-7-17)29-13-12-23/h4-11,14-15,20H,13H2,1-3H3,(H,25,27)(H,26,28)/b24-14+. The molecule has 0 aliphatic rings. The molecule has 2 rings (SSSR count). The lowest BCUT2D eigenvalue weighted by molar-refractivity contribution is -0.123. The van der Waals surface area contributed by atoms with Crippen LogP contribution in [0.2, 0.25) is 0 Å². The van der Waals surface area contributed by atoms with Crippen LogP contribution in [0.15, 0.2) is 53.6 Å². The number of aryl methyl sites for hydroxylation is 1. The number of hydrogen-bond donors (Lipinski definition) is 2. The van der Waals surface area contributed by atoms with Crippen molar-refractivity contribution in [3.05, 3.63) is 65.2 Å². The molecule has 0 aromatic heterocycles. The number of rotatable bonds is 8. The summed E-state index contributed by atoms with van der Waals surface area (Å²) in [7, 11) is 0. The van der Waals surface area contributed by atoms with E-state index < -0.39 is 11.9 Å². The summed E-state index contributed by atoms with van der Waals surface area (Å²) in [6, 6.07) is 15.2. The molecule has 0 fully saturated rings. The minimum atomic E-state index is -0.720. The van der Waals surface area contributed by atoms with Crippen LogP contribution in [-0.2, 0) is 4.79 Å². The molecule has 29 heavy (non-hydrogen) atoms. The molecular formula is C22H24N4O3. The van der Waals surface area contributed by atoms with Crippen molar-refractivity contribution in [1.29, 1.82) is 5.26 Å². The van der Waals surface area contributed by atoms with Crippen LogP contribution in [0.25, 0.3) is 0 Å². The van der Waals surface area contributed by atoms with Gasteiger partial charge in [-0.3, -0.25) is 9.59 Å². The van der Waals surface area contributed by atoms with Gasteiger partial charge in [0.15, 0.2) is 6.61 Å². The predicted molar refractivity (Wildman–Crippen MR) is 111 cm³/mol. The Hall–Kier alpha value is -3.66. The number of nitriles is 1. The molecule has 1 atom stereocenters. The van der Waals surface area contributed by atoms with Crippen molar-refractivity contribution in [3.8, 4) is 11.8 Å². The summed E-state index contributed by atoms with van der Waals surface area (Å²) < 4.78 is 5.18. The van der Waals surface area contributed by atoms with Gasteiger partial charge < -0.3 is 10.1 Å². The number of hydrazone groups is 1. The number of carbonyl (C=O) groups is 2. The number of benzene rings is 2. The fraction of sp³-hybridized carbons (Fsp3) is 0.273. The Morgan fingerprint density at radius 2 is 1.79 bits per heavy atom. The van der Waals surface area contributed by atoms with Gasteiger partial charge >= 0.3 is 0 Å². The van der Waals surface area contributed by atoms with Crippen molar-refractivity contribution >= 4 is 18.0 Å². The average molecular weight is 392 g/mol. The maximum Gasteiger partial charge on any atom is 0.262 e. The molecule has 0 bridgehead atoms. The molecule has 2 aromatic carbocycles. The van der Waals surface area contributed by atoms with Gasteiger partial charge in [0.2, 0.25) is 0 Å². The molecule has 7 nitrogen and oxygen atoms in total. The minimum Gasteiger partial charge on any atom is -0.479 e. The van der Waals surface area contributed by atoms with Crippen LogP contribution in [0.1, 0.15) is 35.3 Å². The van der Waals surface area contributed by atoms with Gasteiger partial charge in [-0.15, -0.1) is 0 Å². The number of nitrogens with zero attached hydrogens (tertiary/aromatic N) is 2. The van der Waals surface area contributed by atoms with Crippen LogP contribution in [-0.4, -0.2) is 30.7 Å². The first-order valence-corrected chi connectivity index (χ1v) is 9.21. The van der Waals surface area contributed by atoms with E-state index in [1.54, 1.807) is 36.4 Å². The molecule has 0 radical (unpaired) electrons. The molecule has 1 unspecified atom stereocenters. The van der Waals surface area contributed by atoms with Crippen LogP contribution in [0.4, 0.5) is 0 Å². The van der Waals surface area contributed by atoms with Gasteiger partial charge in [-0.05, 0) is 54.8 Å². The van der Waals surface area contributed by atoms with E-state index in [1.807, 2.05) is 39.0 Å². The third-order valence-electron chi connectivity index (χ3n) is 4.12. The molecule has 0 spiro atoms. The highest BCUT2D eigenvalue weighted by Gasteiger charge is 2.24. The third kappa shape index (κ3) is 6.78. The van der Waals surface area contributed by atoms with E-state index in [1.165, 1.54) is 6.21 Å². The predicted octanol–water partition coefficient (Wildman–Crippen LogP) is 2.80. The molecule has 7 heteroatoms. The Morgan fingerprint density at radius 3 is 2.38 bits per heavy atom. The quantitative estimate of drug-likeness (QED) is 0.532. The Bertz CT molecular complexity index is 897. The molecule has 150 valence electrons. The zero-order valence-electron chi connectivity index (χ0n) is 16.7. The number of ether oxygens (including phenoxy) is 1. The van der Waals surface area contributed by atoms with Gasteiger partial charge in [0, 0.05) is 5.56 Å². The number of hydrogen-bond acceptors (Lipinski definition) is 5. The summed E-state index contributed by atoms with van der Waals surface area (Å²) in [5.74, 6) is -0.246. The van der Waals surface area contributed by atoms with Gasteiger partial charge in [-0.2, -0.15) is 10.4 Å². The number of carbonyl (C=O) groups excluding carboxylic acids is 2. The second kappa shape index (κ2) is 10.6. The lowest BCUT2D eigenvalue weighted by atomic mass is 10.0. The van der Waals surface area contributed by atoms with Crippen LogP contribution in [0.3, 0.4) is 0 Å².